The Morgan fingerprint density at radius 2 is 1.93 bits per heavy atom. The zero-order chi connectivity index (χ0) is 20.8. The average molecular weight is 397 g/mol. The molecule has 1 aliphatic rings. The number of nitrogens with zero attached hydrogens (tertiary/aromatic N) is 1. The van der Waals surface area contributed by atoms with E-state index in [4.69, 9.17) is 9.47 Å². The number of methoxy groups -OCH3 is 1. The second kappa shape index (κ2) is 9.69. The van der Waals surface area contributed by atoms with E-state index < -0.39 is 0 Å². The standard InChI is InChI=1S/C23H27NO5/c1-16-3-5-17(6-4-16)7-8-20(26)22-21(28-2)13-18(15-25)19(23(22)27)14-24-9-11-29-12-10-24/h3-8,13,25,27H,9-12,14-15H2,1-2H3. The summed E-state index contributed by atoms with van der Waals surface area (Å²) in [5.41, 5.74) is 3.23. The van der Waals surface area contributed by atoms with Crippen LogP contribution in [0, 0.1) is 6.92 Å². The first-order valence-electron chi connectivity index (χ1n) is 9.65. The molecule has 154 valence electrons. The van der Waals surface area contributed by atoms with Crippen LogP contribution in [0.1, 0.15) is 32.6 Å². The van der Waals surface area contributed by atoms with Crippen LogP contribution in [0.15, 0.2) is 36.4 Å². The van der Waals surface area contributed by atoms with Crippen LogP contribution in [-0.2, 0) is 17.9 Å². The normalized spacial score (nSPS) is 15.0. The minimum atomic E-state index is -0.354. The molecule has 1 saturated heterocycles. The molecule has 0 aliphatic carbocycles. The number of carbonyl (C=O) groups is 1. The third-order valence-electron chi connectivity index (χ3n) is 5.09. The Bertz CT molecular complexity index is 883. The topological polar surface area (TPSA) is 79.2 Å². The third-order valence-corrected chi connectivity index (χ3v) is 5.09. The van der Waals surface area contributed by atoms with Crippen molar-refractivity contribution in [1.29, 1.82) is 0 Å². The van der Waals surface area contributed by atoms with Crippen LogP contribution in [0.3, 0.4) is 0 Å². The maximum atomic E-state index is 12.9. The highest BCUT2D eigenvalue weighted by Gasteiger charge is 2.24. The first-order chi connectivity index (χ1) is 14.0. The molecule has 1 fully saturated rings. The van der Waals surface area contributed by atoms with Gasteiger partial charge in [0.1, 0.15) is 17.1 Å². The lowest BCUT2D eigenvalue weighted by Gasteiger charge is -2.28. The van der Waals surface area contributed by atoms with Gasteiger partial charge in [0.15, 0.2) is 5.78 Å². The van der Waals surface area contributed by atoms with Gasteiger partial charge in [0.25, 0.3) is 0 Å². The van der Waals surface area contributed by atoms with Crippen LogP contribution in [0.5, 0.6) is 11.5 Å². The highest BCUT2D eigenvalue weighted by Crippen LogP contribution is 2.36. The SMILES string of the molecule is COc1cc(CO)c(CN2CCOCC2)c(O)c1C(=O)C=Cc1ccc(C)cc1. The molecule has 2 N–H and O–H groups in total. The molecule has 0 unspecified atom stereocenters. The van der Waals surface area contributed by atoms with Crippen molar-refractivity contribution in [3.63, 3.8) is 0 Å². The van der Waals surface area contributed by atoms with Crippen molar-refractivity contribution in [2.45, 2.75) is 20.1 Å². The Balaban J connectivity index is 1.94. The van der Waals surface area contributed by atoms with Gasteiger partial charge in [0, 0.05) is 25.2 Å². The quantitative estimate of drug-likeness (QED) is 0.552. The molecule has 0 aromatic heterocycles. The van der Waals surface area contributed by atoms with Crippen molar-refractivity contribution in [2.24, 2.45) is 0 Å². The van der Waals surface area contributed by atoms with Crippen LogP contribution in [0.25, 0.3) is 6.08 Å². The van der Waals surface area contributed by atoms with Gasteiger partial charge in [0.2, 0.25) is 0 Å². The molecule has 2 aromatic carbocycles. The Morgan fingerprint density at radius 1 is 1.24 bits per heavy atom. The molecule has 0 spiro atoms. The molecule has 6 nitrogen and oxygen atoms in total. The zero-order valence-corrected chi connectivity index (χ0v) is 16.9. The number of hydrogen-bond donors (Lipinski definition) is 2. The number of phenols is 1. The highest BCUT2D eigenvalue weighted by atomic mass is 16.5. The predicted octanol–water partition coefficient (Wildman–Crippen LogP) is 2.93. The summed E-state index contributed by atoms with van der Waals surface area (Å²) in [6.07, 6.45) is 3.14. The Labute approximate surface area is 171 Å². The zero-order valence-electron chi connectivity index (χ0n) is 16.9. The van der Waals surface area contributed by atoms with E-state index in [9.17, 15) is 15.0 Å². The number of ether oxygens (including phenoxy) is 2. The Morgan fingerprint density at radius 3 is 2.55 bits per heavy atom. The maximum Gasteiger partial charge on any atom is 0.193 e. The summed E-state index contributed by atoms with van der Waals surface area (Å²) in [6.45, 7) is 4.88. The molecule has 1 heterocycles. The van der Waals surface area contributed by atoms with Crippen molar-refractivity contribution in [2.75, 3.05) is 33.4 Å². The lowest BCUT2D eigenvalue weighted by atomic mass is 9.97. The Hall–Kier alpha value is -2.67. The number of morpholine rings is 1. The number of aliphatic hydroxyl groups is 1. The van der Waals surface area contributed by atoms with E-state index in [-0.39, 0.29) is 29.5 Å². The number of allylic oxidation sites excluding steroid dienone is 1. The lowest BCUT2D eigenvalue weighted by molar-refractivity contribution is 0.0336. The maximum absolute atomic E-state index is 12.9. The second-order valence-corrected chi connectivity index (χ2v) is 7.10. The molecule has 0 saturated carbocycles. The average Bonchev–Trinajstić information content (AvgIpc) is 2.75. The van der Waals surface area contributed by atoms with E-state index in [1.807, 2.05) is 31.2 Å². The number of hydrogen-bond acceptors (Lipinski definition) is 6. The van der Waals surface area contributed by atoms with Gasteiger partial charge in [-0.15, -0.1) is 0 Å². The van der Waals surface area contributed by atoms with E-state index in [1.54, 1.807) is 12.1 Å². The van der Waals surface area contributed by atoms with Crippen LogP contribution >= 0.6 is 0 Å². The fraction of sp³-hybridized carbons (Fsp3) is 0.348. The van der Waals surface area contributed by atoms with E-state index in [0.717, 1.165) is 24.2 Å². The van der Waals surface area contributed by atoms with Crippen molar-refractivity contribution in [3.05, 3.63) is 64.2 Å². The minimum absolute atomic E-state index is 0.108. The minimum Gasteiger partial charge on any atom is -0.507 e. The summed E-state index contributed by atoms with van der Waals surface area (Å²) >= 11 is 0. The van der Waals surface area contributed by atoms with Gasteiger partial charge in [-0.1, -0.05) is 35.9 Å². The largest absolute Gasteiger partial charge is 0.507 e. The van der Waals surface area contributed by atoms with Crippen molar-refractivity contribution in [3.8, 4) is 11.5 Å². The molecule has 2 aromatic rings. The van der Waals surface area contributed by atoms with Gasteiger partial charge in [-0.25, -0.2) is 0 Å². The van der Waals surface area contributed by atoms with Gasteiger partial charge in [0.05, 0.1) is 26.9 Å². The summed E-state index contributed by atoms with van der Waals surface area (Å²) < 4.78 is 10.7. The summed E-state index contributed by atoms with van der Waals surface area (Å²) in [7, 11) is 1.44. The fourth-order valence-electron chi connectivity index (χ4n) is 3.37. The van der Waals surface area contributed by atoms with Crippen molar-refractivity contribution >= 4 is 11.9 Å². The van der Waals surface area contributed by atoms with E-state index in [1.165, 1.54) is 13.2 Å². The van der Waals surface area contributed by atoms with Crippen molar-refractivity contribution < 1.29 is 24.5 Å². The van der Waals surface area contributed by atoms with E-state index in [0.29, 0.717) is 30.9 Å². The van der Waals surface area contributed by atoms with Crippen LogP contribution in [0.2, 0.25) is 0 Å². The van der Waals surface area contributed by atoms with Crippen LogP contribution in [-0.4, -0.2) is 54.3 Å². The summed E-state index contributed by atoms with van der Waals surface area (Å²) in [5, 5.41) is 20.7. The molecule has 0 amide bonds. The molecule has 0 radical (unpaired) electrons. The van der Waals surface area contributed by atoms with E-state index in [2.05, 4.69) is 4.90 Å². The predicted molar refractivity (Wildman–Crippen MR) is 111 cm³/mol. The molecule has 6 heteroatoms. The third kappa shape index (κ3) is 5.03. The van der Waals surface area contributed by atoms with Gasteiger partial charge < -0.3 is 19.7 Å². The summed E-state index contributed by atoms with van der Waals surface area (Å²) in [4.78, 5) is 15.0. The molecule has 0 atom stereocenters. The fourth-order valence-corrected chi connectivity index (χ4v) is 3.37. The number of ketones is 1. The Kier molecular flexibility index (Phi) is 7.04. The lowest BCUT2D eigenvalue weighted by Crippen LogP contribution is -2.36. The number of phenolic OH excluding ortho intramolecular Hbond substituents is 1. The first-order valence-corrected chi connectivity index (χ1v) is 9.65. The van der Waals surface area contributed by atoms with Crippen molar-refractivity contribution in [1.82, 2.24) is 4.90 Å². The summed E-state index contributed by atoms with van der Waals surface area (Å²) in [6, 6.07) is 9.42. The van der Waals surface area contributed by atoms with E-state index >= 15 is 0 Å². The highest BCUT2D eigenvalue weighted by molar-refractivity contribution is 6.10. The van der Waals surface area contributed by atoms with Gasteiger partial charge >= 0.3 is 0 Å². The van der Waals surface area contributed by atoms with Crippen LogP contribution in [0.4, 0.5) is 0 Å². The molecule has 0 bridgehead atoms. The number of rotatable bonds is 7. The number of aliphatic hydroxyl groups excluding tert-OH is 1. The molecular formula is C23H27NO5. The number of aryl methyl sites for hydroxylation is 1. The summed E-state index contributed by atoms with van der Waals surface area (Å²) in [5.74, 6) is -0.248. The molecule has 3 rings (SSSR count). The second-order valence-electron chi connectivity index (χ2n) is 7.10. The van der Waals surface area contributed by atoms with Gasteiger partial charge in [-0.2, -0.15) is 0 Å². The smallest absolute Gasteiger partial charge is 0.193 e. The van der Waals surface area contributed by atoms with Crippen LogP contribution < -0.4 is 4.74 Å². The molecular weight excluding hydrogens is 370 g/mol. The molecule has 29 heavy (non-hydrogen) atoms. The first kappa shape index (κ1) is 21.0. The monoisotopic (exact) mass is 397 g/mol. The number of benzene rings is 2. The number of carbonyl (C=O) groups excluding carboxylic acids is 1. The van der Waals surface area contributed by atoms with Gasteiger partial charge in [-0.3, -0.25) is 9.69 Å². The molecule has 1 aliphatic heterocycles. The number of aromatic hydroxyl groups is 1. The van der Waals surface area contributed by atoms with Gasteiger partial charge in [-0.05, 0) is 30.2 Å².